The van der Waals surface area contributed by atoms with Crippen LogP contribution in [0.2, 0.25) is 0 Å². The molecule has 0 fully saturated rings. The number of anilines is 1. The predicted octanol–water partition coefficient (Wildman–Crippen LogP) is 6.39. The maximum atomic E-state index is 13.2. The van der Waals surface area contributed by atoms with E-state index in [1.807, 2.05) is 19.1 Å². The second-order valence-electron chi connectivity index (χ2n) is 8.44. The molecule has 2 heterocycles. The second-order valence-corrected chi connectivity index (χ2v) is 9.67. The van der Waals surface area contributed by atoms with Crippen LogP contribution in [-0.4, -0.2) is 26.1 Å². The summed E-state index contributed by atoms with van der Waals surface area (Å²) in [6.45, 7) is 6.18. The number of rotatable bonds is 7. The zero-order chi connectivity index (χ0) is 26.0. The van der Waals surface area contributed by atoms with Gasteiger partial charge in [-0.2, -0.15) is 0 Å². The molecule has 8 heteroatoms. The van der Waals surface area contributed by atoms with E-state index >= 15 is 0 Å². The van der Waals surface area contributed by atoms with Crippen LogP contribution in [0.15, 0.2) is 57.7 Å². The summed E-state index contributed by atoms with van der Waals surface area (Å²) in [5, 5.41) is 3.57. The van der Waals surface area contributed by atoms with E-state index in [1.165, 1.54) is 37.2 Å². The highest BCUT2D eigenvalue weighted by molar-refractivity contribution is 7.17. The topological polar surface area (TPSA) is 94.8 Å². The van der Waals surface area contributed by atoms with Gasteiger partial charge in [0, 0.05) is 15.8 Å². The third-order valence-corrected chi connectivity index (χ3v) is 7.29. The van der Waals surface area contributed by atoms with Gasteiger partial charge in [0.15, 0.2) is 11.3 Å². The molecular formula is C28H27NO6S. The summed E-state index contributed by atoms with van der Waals surface area (Å²) < 4.78 is 15.7. The highest BCUT2D eigenvalue weighted by atomic mass is 32.1. The molecule has 0 spiro atoms. The van der Waals surface area contributed by atoms with E-state index < -0.39 is 17.5 Å². The van der Waals surface area contributed by atoms with E-state index in [-0.39, 0.29) is 16.7 Å². The molecule has 0 unspecified atom stereocenters. The van der Waals surface area contributed by atoms with Crippen molar-refractivity contribution in [1.82, 2.24) is 0 Å². The maximum absolute atomic E-state index is 13.2. The minimum absolute atomic E-state index is 0.183. The molecule has 1 N–H and O–H groups in total. The number of thiophene rings is 1. The van der Waals surface area contributed by atoms with Gasteiger partial charge in [0.25, 0.3) is 5.91 Å². The maximum Gasteiger partial charge on any atom is 0.349 e. The van der Waals surface area contributed by atoms with Crippen LogP contribution in [0.5, 0.6) is 5.75 Å². The number of hydrogen-bond acceptors (Lipinski definition) is 7. The fourth-order valence-electron chi connectivity index (χ4n) is 4.10. The van der Waals surface area contributed by atoms with Crippen molar-refractivity contribution in [2.24, 2.45) is 0 Å². The number of nitrogens with one attached hydrogen (secondary N) is 1. The van der Waals surface area contributed by atoms with E-state index in [2.05, 4.69) is 31.3 Å². The van der Waals surface area contributed by atoms with E-state index in [0.29, 0.717) is 27.6 Å². The van der Waals surface area contributed by atoms with Gasteiger partial charge in [-0.05, 0) is 42.5 Å². The average Bonchev–Trinajstić information content (AvgIpc) is 3.22. The van der Waals surface area contributed by atoms with Crippen molar-refractivity contribution in [1.29, 1.82) is 0 Å². The molecule has 0 aliphatic heterocycles. The number of para-hydroxylation sites is 1. The standard InChI is InChI=1S/C28H27NO6S/c1-6-15(2)17-10-12-18(13-11-17)22-16(3)36-26(23(22)28(32)34-5)29-25(30)20-14-19-8-7-9-21(33-4)24(19)35-27(20)31/h7-15H,6H2,1-5H3,(H,29,30)/t15-/m0/s1. The van der Waals surface area contributed by atoms with E-state index in [0.717, 1.165) is 16.9 Å². The Kier molecular flexibility index (Phi) is 7.26. The van der Waals surface area contributed by atoms with Gasteiger partial charge in [0.1, 0.15) is 16.1 Å². The molecular weight excluding hydrogens is 478 g/mol. The van der Waals surface area contributed by atoms with Crippen LogP contribution in [-0.2, 0) is 4.74 Å². The van der Waals surface area contributed by atoms with Gasteiger partial charge in [-0.1, -0.05) is 50.2 Å². The number of ether oxygens (including phenoxy) is 2. The molecule has 0 bridgehead atoms. The Morgan fingerprint density at radius 1 is 1.11 bits per heavy atom. The molecule has 0 aliphatic carbocycles. The lowest BCUT2D eigenvalue weighted by Gasteiger charge is -2.11. The second kappa shape index (κ2) is 10.4. The van der Waals surface area contributed by atoms with Crippen molar-refractivity contribution in [2.75, 3.05) is 19.5 Å². The summed E-state index contributed by atoms with van der Waals surface area (Å²) in [6.07, 6.45) is 1.02. The summed E-state index contributed by atoms with van der Waals surface area (Å²) in [6, 6.07) is 14.6. The quantitative estimate of drug-likeness (QED) is 0.231. The normalized spacial score (nSPS) is 11.8. The first-order valence-electron chi connectivity index (χ1n) is 11.5. The van der Waals surface area contributed by atoms with Crippen molar-refractivity contribution >= 4 is 39.2 Å². The lowest BCUT2D eigenvalue weighted by molar-refractivity contribution is 0.0603. The minimum atomic E-state index is -0.807. The number of amides is 1. The van der Waals surface area contributed by atoms with Crippen LogP contribution in [0.25, 0.3) is 22.1 Å². The molecule has 36 heavy (non-hydrogen) atoms. The number of benzene rings is 2. The first-order valence-corrected chi connectivity index (χ1v) is 12.3. The van der Waals surface area contributed by atoms with Gasteiger partial charge in [0.05, 0.1) is 14.2 Å². The highest BCUT2D eigenvalue weighted by Crippen LogP contribution is 2.41. The molecule has 1 amide bonds. The highest BCUT2D eigenvalue weighted by Gasteiger charge is 2.26. The molecule has 186 valence electrons. The molecule has 0 radical (unpaired) electrons. The zero-order valence-corrected chi connectivity index (χ0v) is 21.6. The molecule has 2 aromatic heterocycles. The molecule has 1 atom stereocenters. The van der Waals surface area contributed by atoms with Crippen LogP contribution in [0.4, 0.5) is 5.00 Å². The van der Waals surface area contributed by atoms with Crippen molar-refractivity contribution in [3.63, 3.8) is 0 Å². The molecule has 0 saturated heterocycles. The molecule has 4 aromatic rings. The Labute approximate surface area is 212 Å². The largest absolute Gasteiger partial charge is 0.493 e. The van der Waals surface area contributed by atoms with Crippen molar-refractivity contribution < 1.29 is 23.5 Å². The first-order chi connectivity index (χ1) is 17.3. The zero-order valence-electron chi connectivity index (χ0n) is 20.8. The molecule has 7 nitrogen and oxygen atoms in total. The molecule has 4 rings (SSSR count). The van der Waals surface area contributed by atoms with Crippen LogP contribution >= 0.6 is 11.3 Å². The summed E-state index contributed by atoms with van der Waals surface area (Å²) >= 11 is 1.25. The van der Waals surface area contributed by atoms with E-state index in [9.17, 15) is 14.4 Å². The van der Waals surface area contributed by atoms with Crippen molar-refractivity contribution in [2.45, 2.75) is 33.1 Å². The smallest absolute Gasteiger partial charge is 0.349 e. The monoisotopic (exact) mass is 505 g/mol. The lowest BCUT2D eigenvalue weighted by atomic mass is 9.94. The van der Waals surface area contributed by atoms with E-state index in [1.54, 1.807) is 18.2 Å². The van der Waals surface area contributed by atoms with Crippen LogP contribution in [0.3, 0.4) is 0 Å². The van der Waals surface area contributed by atoms with Gasteiger partial charge < -0.3 is 19.2 Å². The van der Waals surface area contributed by atoms with Gasteiger partial charge >= 0.3 is 11.6 Å². The van der Waals surface area contributed by atoms with Crippen molar-refractivity contribution in [3.05, 3.63) is 80.5 Å². The number of hydrogen-bond donors (Lipinski definition) is 1. The molecule has 2 aromatic carbocycles. The van der Waals surface area contributed by atoms with Crippen LogP contribution in [0, 0.1) is 6.92 Å². The molecule has 0 saturated carbocycles. The summed E-state index contributed by atoms with van der Waals surface area (Å²) in [4.78, 5) is 39.5. The van der Waals surface area contributed by atoms with Gasteiger partial charge in [-0.3, -0.25) is 4.79 Å². The van der Waals surface area contributed by atoms with Crippen LogP contribution in [0.1, 0.15) is 57.3 Å². The first kappa shape index (κ1) is 25.2. The van der Waals surface area contributed by atoms with Gasteiger partial charge in [0.2, 0.25) is 0 Å². The number of carbonyl (C=O) groups is 2. The van der Waals surface area contributed by atoms with Crippen LogP contribution < -0.4 is 15.7 Å². The number of carbonyl (C=O) groups excluding carboxylic acids is 2. The summed E-state index contributed by atoms with van der Waals surface area (Å²) in [5.41, 5.74) is 2.25. The minimum Gasteiger partial charge on any atom is -0.493 e. The number of esters is 1. The summed E-state index contributed by atoms with van der Waals surface area (Å²) in [5.74, 6) is -0.446. The van der Waals surface area contributed by atoms with Gasteiger partial charge in [-0.25, -0.2) is 9.59 Å². The molecule has 0 aliphatic rings. The Morgan fingerprint density at radius 2 is 1.83 bits per heavy atom. The summed E-state index contributed by atoms with van der Waals surface area (Å²) in [7, 11) is 2.76. The average molecular weight is 506 g/mol. The Bertz CT molecular complexity index is 1500. The van der Waals surface area contributed by atoms with E-state index in [4.69, 9.17) is 13.9 Å². The SMILES string of the molecule is CC[C@H](C)c1ccc(-c2c(C)sc(NC(=O)c3cc4cccc(OC)c4oc3=O)c2C(=O)OC)cc1. The third-order valence-electron chi connectivity index (χ3n) is 6.27. The Balaban J connectivity index is 1.75. The number of fused-ring (bicyclic) bond motifs is 1. The third kappa shape index (κ3) is 4.64. The Hall–Kier alpha value is -3.91. The van der Waals surface area contributed by atoms with Crippen molar-refractivity contribution in [3.8, 4) is 16.9 Å². The number of aryl methyl sites for hydroxylation is 1. The fraction of sp³-hybridized carbons (Fsp3) is 0.250. The fourth-order valence-corrected chi connectivity index (χ4v) is 5.16. The van der Waals surface area contributed by atoms with Gasteiger partial charge in [-0.15, -0.1) is 11.3 Å². The predicted molar refractivity (Wildman–Crippen MR) is 142 cm³/mol. The number of methoxy groups -OCH3 is 2. The lowest BCUT2D eigenvalue weighted by Crippen LogP contribution is -2.21. The Morgan fingerprint density at radius 3 is 2.47 bits per heavy atom.